The molecular weight excluding hydrogens is 333 g/mol. The average molecular weight is 333 g/mol. The Balaban J connectivity index is -0.00000000396. The van der Waals surface area contributed by atoms with Crippen molar-refractivity contribution in [3.8, 4) is 0 Å². The average Bonchev–Trinajstić information content (AvgIpc) is 2.33. The van der Waals surface area contributed by atoms with Crippen molar-refractivity contribution >= 4 is 0 Å². The molecule has 0 aliphatic rings. The van der Waals surface area contributed by atoms with Crippen LogP contribution in [0.25, 0.3) is 0 Å². The standard InChI is InChI=1S/6CN.3Co/c6*1-2;;;/q6*-1;3*+2. The molecule has 0 rings (SSSR count). The zero-order chi connectivity index (χ0) is 12.0. The monoisotopic (exact) mass is 333 g/mol. The van der Waals surface area contributed by atoms with Crippen molar-refractivity contribution in [1.82, 2.24) is 0 Å². The molecule has 0 aliphatic heterocycles. The Labute approximate surface area is 121 Å². The molecule has 0 amide bonds. The normalized spacial score (nSPS) is 0.800. The predicted octanol–water partition coefficient (Wildman–Crippen LogP) is 0.571. The molecule has 0 aromatic rings. The summed E-state index contributed by atoms with van der Waals surface area (Å²) in [5.74, 6) is 0. The molecule has 15 heavy (non-hydrogen) atoms. The fraction of sp³-hybridized carbons (Fsp3) is 0. The van der Waals surface area contributed by atoms with Crippen LogP contribution in [0.3, 0.4) is 0 Å². The van der Waals surface area contributed by atoms with Gasteiger partial charge >= 0.3 is 50.3 Å². The number of hydrogen-bond donors (Lipinski definition) is 0. The van der Waals surface area contributed by atoms with Gasteiger partial charge in [-0.3, -0.25) is 0 Å². The summed E-state index contributed by atoms with van der Waals surface area (Å²) >= 11 is 0. The first-order valence-electron chi connectivity index (χ1n) is 1.34. The second-order valence-electron chi connectivity index (χ2n) is 0. The summed E-state index contributed by atoms with van der Waals surface area (Å²) in [5.41, 5.74) is 0. The molecule has 0 heterocycles. The van der Waals surface area contributed by atoms with E-state index in [-0.39, 0.29) is 50.3 Å². The van der Waals surface area contributed by atoms with Gasteiger partial charge in [0.15, 0.2) is 0 Å². The Morgan fingerprint density at radius 2 is 0.267 bits per heavy atom. The number of rotatable bonds is 0. The third-order valence-corrected chi connectivity index (χ3v) is 0. The molecule has 0 saturated heterocycles. The molecule has 0 fully saturated rings. The molecule has 0 N–H and O–H groups in total. The fourth-order valence-corrected chi connectivity index (χ4v) is 0. The maximum absolute atomic E-state index is 6.25. The van der Waals surface area contributed by atoms with Crippen molar-refractivity contribution in [3.63, 3.8) is 0 Å². The minimum absolute atomic E-state index is 0. The predicted molar refractivity (Wildman–Crippen MR) is 29.8 cm³/mol. The van der Waals surface area contributed by atoms with Gasteiger partial charge in [-0.2, -0.15) is 0 Å². The minimum atomic E-state index is 0. The molecule has 3 radical (unpaired) electrons. The van der Waals surface area contributed by atoms with Crippen molar-refractivity contribution in [1.29, 1.82) is 31.6 Å². The van der Waals surface area contributed by atoms with Crippen molar-refractivity contribution in [2.24, 2.45) is 0 Å². The maximum Gasteiger partial charge on any atom is 2.00 e. The quantitative estimate of drug-likeness (QED) is 0.593. The largest absolute Gasteiger partial charge is 2.00 e. The van der Waals surface area contributed by atoms with E-state index in [0.29, 0.717) is 0 Å². The van der Waals surface area contributed by atoms with Gasteiger partial charge in [-0.1, -0.05) is 0 Å². The third kappa shape index (κ3) is 574. The van der Waals surface area contributed by atoms with Gasteiger partial charge in [-0.05, 0) is 0 Å². The van der Waals surface area contributed by atoms with Gasteiger partial charge in [-0.25, -0.2) is 0 Å². The van der Waals surface area contributed by atoms with E-state index >= 15 is 0 Å². The van der Waals surface area contributed by atoms with Gasteiger partial charge in [0, 0.05) is 0 Å². The van der Waals surface area contributed by atoms with Crippen molar-refractivity contribution < 1.29 is 50.3 Å². The molecule has 9 heteroatoms. The molecule has 81 valence electrons. The van der Waals surface area contributed by atoms with Crippen LogP contribution in [0, 0.1) is 71.0 Å². The van der Waals surface area contributed by atoms with Crippen LogP contribution in [0.5, 0.6) is 0 Å². The van der Waals surface area contributed by atoms with Crippen molar-refractivity contribution in [2.45, 2.75) is 0 Å². The zero-order valence-corrected chi connectivity index (χ0v) is 9.81. The van der Waals surface area contributed by atoms with E-state index < -0.39 is 0 Å². The Morgan fingerprint density at radius 1 is 0.267 bits per heavy atom. The first-order valence-corrected chi connectivity index (χ1v) is 1.34. The van der Waals surface area contributed by atoms with Crippen molar-refractivity contribution in [3.05, 3.63) is 39.4 Å². The first kappa shape index (κ1) is 105. The Bertz CT molecular complexity index is 97.9. The van der Waals surface area contributed by atoms with Crippen LogP contribution in [0.4, 0.5) is 0 Å². The van der Waals surface area contributed by atoms with Gasteiger partial charge in [0.25, 0.3) is 0 Å². The zero-order valence-electron chi connectivity index (χ0n) is 6.68. The van der Waals surface area contributed by atoms with E-state index in [0.717, 1.165) is 0 Å². The second kappa shape index (κ2) is 689. The molecule has 0 aromatic carbocycles. The summed E-state index contributed by atoms with van der Waals surface area (Å²) in [6.45, 7) is 28.5. The van der Waals surface area contributed by atoms with Crippen LogP contribution in [0.15, 0.2) is 0 Å². The minimum Gasteiger partial charge on any atom is -0.512 e. The molecule has 0 atom stereocenters. The van der Waals surface area contributed by atoms with Crippen LogP contribution >= 0.6 is 0 Å². The van der Waals surface area contributed by atoms with Gasteiger partial charge < -0.3 is 71.0 Å². The Morgan fingerprint density at radius 3 is 0.267 bits per heavy atom. The van der Waals surface area contributed by atoms with Crippen LogP contribution in [-0.2, 0) is 50.3 Å². The summed E-state index contributed by atoms with van der Waals surface area (Å²) in [6.07, 6.45) is 0. The van der Waals surface area contributed by atoms with Gasteiger partial charge in [0.2, 0.25) is 0 Å². The summed E-state index contributed by atoms with van der Waals surface area (Å²) in [5, 5.41) is 37.5. The van der Waals surface area contributed by atoms with Gasteiger partial charge in [-0.15, -0.1) is 0 Å². The molecule has 0 spiro atoms. The van der Waals surface area contributed by atoms with E-state index in [4.69, 9.17) is 71.0 Å². The molecule has 0 bridgehead atoms. The summed E-state index contributed by atoms with van der Waals surface area (Å²) in [6, 6.07) is 0. The van der Waals surface area contributed by atoms with Crippen LogP contribution in [-0.4, -0.2) is 0 Å². The third-order valence-electron chi connectivity index (χ3n) is 0. The fourth-order valence-electron chi connectivity index (χ4n) is 0. The SMILES string of the molecule is [C-]#N.[C-]#N.[C-]#N.[C-]#N.[C-]#N.[C-]#N.[Co+2].[Co+2].[Co+2]. The topological polar surface area (TPSA) is 143 Å². The maximum atomic E-state index is 6.25. The molecular formula is C6Co3N6. The first-order chi connectivity index (χ1) is 6.00. The van der Waals surface area contributed by atoms with E-state index in [2.05, 4.69) is 0 Å². The summed E-state index contributed by atoms with van der Waals surface area (Å²) in [7, 11) is 0. The van der Waals surface area contributed by atoms with Gasteiger partial charge in [0.1, 0.15) is 0 Å². The van der Waals surface area contributed by atoms with E-state index in [1.807, 2.05) is 0 Å². The number of hydrogen-bond acceptors (Lipinski definition) is 6. The second-order valence-corrected chi connectivity index (χ2v) is 0. The van der Waals surface area contributed by atoms with E-state index in [1.54, 1.807) is 0 Å². The number of nitrogens with zero attached hydrogens (tertiary/aromatic N) is 6. The molecule has 6 nitrogen and oxygen atoms in total. The smallest absolute Gasteiger partial charge is 0.512 e. The summed E-state index contributed by atoms with van der Waals surface area (Å²) in [4.78, 5) is 0. The van der Waals surface area contributed by atoms with E-state index in [1.165, 1.54) is 0 Å². The van der Waals surface area contributed by atoms with Crippen molar-refractivity contribution in [2.75, 3.05) is 0 Å². The van der Waals surface area contributed by atoms with Crippen LogP contribution < -0.4 is 0 Å². The van der Waals surface area contributed by atoms with Crippen LogP contribution in [0.1, 0.15) is 0 Å². The van der Waals surface area contributed by atoms with Gasteiger partial charge in [0.05, 0.1) is 0 Å². The van der Waals surface area contributed by atoms with E-state index in [9.17, 15) is 0 Å². The Kier molecular flexibility index (Phi) is 4830. The molecule has 0 saturated carbocycles. The molecule has 0 aromatic heterocycles. The summed E-state index contributed by atoms with van der Waals surface area (Å²) < 4.78 is 0. The Hall–Kier alpha value is -1.54. The molecule has 0 unspecified atom stereocenters. The molecule has 0 aliphatic carbocycles. The van der Waals surface area contributed by atoms with Crippen LogP contribution in [0.2, 0.25) is 0 Å².